The number of fused-ring (bicyclic) bond motifs is 1. The predicted molar refractivity (Wildman–Crippen MR) is 182 cm³/mol. The molecule has 1 fully saturated rings. The SMILES string of the molecule is C.C=CC(=O)N1C[C@H](C)N(c2nc(=O)n(-c3c(C)ccnc3C(C)C)c3nc(-c4c(F)cccc4NC(=O)C(F)F)c(Cl)cc23)C[C@H]1C. The van der Waals surface area contributed by atoms with E-state index in [1.165, 1.54) is 28.8 Å². The molecule has 0 aliphatic carbocycles. The number of rotatable bonds is 7. The van der Waals surface area contributed by atoms with Gasteiger partial charge in [-0.05, 0) is 62.6 Å². The molecule has 0 saturated carbocycles. The van der Waals surface area contributed by atoms with Crippen LogP contribution in [0.3, 0.4) is 0 Å². The highest BCUT2D eigenvalue weighted by Crippen LogP contribution is 2.39. The van der Waals surface area contributed by atoms with Crippen molar-refractivity contribution in [2.24, 2.45) is 0 Å². The van der Waals surface area contributed by atoms with E-state index in [2.05, 4.69) is 16.5 Å². The molecule has 2 amide bonds. The molecule has 1 aliphatic heterocycles. The Bertz CT molecular complexity index is 1970. The quantitative estimate of drug-likeness (QED) is 0.221. The summed E-state index contributed by atoms with van der Waals surface area (Å²) in [5, 5.41) is 2.30. The molecule has 0 bridgehead atoms. The van der Waals surface area contributed by atoms with Crippen LogP contribution in [0.1, 0.15) is 52.3 Å². The lowest BCUT2D eigenvalue weighted by molar-refractivity contribution is -0.129. The number of aromatic nitrogens is 4. The summed E-state index contributed by atoms with van der Waals surface area (Å²) in [6.45, 7) is 13.6. The molecule has 14 heteroatoms. The molecule has 10 nitrogen and oxygen atoms in total. The summed E-state index contributed by atoms with van der Waals surface area (Å²) in [4.78, 5) is 56.0. The van der Waals surface area contributed by atoms with Crippen LogP contribution in [-0.4, -0.2) is 67.8 Å². The zero-order chi connectivity index (χ0) is 34.3. The third kappa shape index (κ3) is 6.51. The number of nitrogens with one attached hydrogen (secondary N) is 1. The molecule has 0 spiro atoms. The van der Waals surface area contributed by atoms with Gasteiger partial charge in [-0.2, -0.15) is 13.8 Å². The van der Waals surface area contributed by atoms with Gasteiger partial charge < -0.3 is 15.1 Å². The summed E-state index contributed by atoms with van der Waals surface area (Å²) in [6.07, 6.45) is -0.481. The lowest BCUT2D eigenvalue weighted by Gasteiger charge is -2.44. The number of pyridine rings is 2. The summed E-state index contributed by atoms with van der Waals surface area (Å²) in [7, 11) is 0. The second-order valence-corrected chi connectivity index (χ2v) is 12.2. The van der Waals surface area contributed by atoms with Crippen LogP contribution in [-0.2, 0) is 9.59 Å². The van der Waals surface area contributed by atoms with Crippen LogP contribution in [0.15, 0.2) is 54.0 Å². The molecule has 3 aromatic heterocycles. The van der Waals surface area contributed by atoms with Crippen LogP contribution < -0.4 is 15.9 Å². The molecule has 254 valence electrons. The van der Waals surface area contributed by atoms with E-state index in [1.807, 2.05) is 37.9 Å². The predicted octanol–water partition coefficient (Wildman–Crippen LogP) is 6.52. The fourth-order valence-corrected chi connectivity index (χ4v) is 6.13. The van der Waals surface area contributed by atoms with E-state index < -0.39 is 23.8 Å². The number of halogens is 4. The molecule has 48 heavy (non-hydrogen) atoms. The maximum Gasteiger partial charge on any atom is 0.355 e. The molecular formula is C34H37ClF3N7O3. The van der Waals surface area contributed by atoms with Gasteiger partial charge in [-0.25, -0.2) is 18.7 Å². The first-order chi connectivity index (χ1) is 22.2. The molecule has 1 aliphatic rings. The number of hydrogen-bond donors (Lipinski definition) is 1. The fourth-order valence-electron chi connectivity index (χ4n) is 5.89. The first-order valence-electron chi connectivity index (χ1n) is 14.9. The normalized spacial score (nSPS) is 16.3. The molecule has 0 unspecified atom stereocenters. The van der Waals surface area contributed by atoms with Gasteiger partial charge >= 0.3 is 12.1 Å². The first-order valence-corrected chi connectivity index (χ1v) is 15.3. The van der Waals surface area contributed by atoms with Crippen molar-refractivity contribution < 1.29 is 22.8 Å². The minimum absolute atomic E-state index is 0. The van der Waals surface area contributed by atoms with Crippen molar-refractivity contribution >= 4 is 46.0 Å². The van der Waals surface area contributed by atoms with Crippen molar-refractivity contribution in [3.8, 4) is 16.9 Å². The number of anilines is 2. The van der Waals surface area contributed by atoms with Crippen molar-refractivity contribution in [3.63, 3.8) is 0 Å². The number of aryl methyl sites for hydroxylation is 1. The summed E-state index contributed by atoms with van der Waals surface area (Å²) < 4.78 is 43.2. The lowest BCUT2D eigenvalue weighted by Crippen LogP contribution is -2.58. The highest BCUT2D eigenvalue weighted by Gasteiger charge is 2.34. The number of piperazine rings is 1. The average Bonchev–Trinajstić information content (AvgIpc) is 3.01. The number of amides is 2. The van der Waals surface area contributed by atoms with Crippen LogP contribution in [0.2, 0.25) is 5.02 Å². The van der Waals surface area contributed by atoms with Gasteiger partial charge in [-0.15, -0.1) is 0 Å². The average molecular weight is 684 g/mol. The lowest BCUT2D eigenvalue weighted by atomic mass is 10.0. The second-order valence-electron chi connectivity index (χ2n) is 11.8. The van der Waals surface area contributed by atoms with E-state index in [1.54, 1.807) is 24.1 Å². The number of carbonyl (C=O) groups excluding carboxylic acids is 2. The van der Waals surface area contributed by atoms with E-state index in [0.29, 0.717) is 35.4 Å². The molecule has 0 radical (unpaired) electrons. The number of alkyl halides is 2. The van der Waals surface area contributed by atoms with E-state index in [4.69, 9.17) is 16.6 Å². The Hall–Kier alpha value is -4.78. The third-order valence-electron chi connectivity index (χ3n) is 8.15. The topological polar surface area (TPSA) is 113 Å². The van der Waals surface area contributed by atoms with E-state index >= 15 is 4.39 Å². The molecule has 1 N–H and O–H groups in total. The third-order valence-corrected chi connectivity index (χ3v) is 8.44. The van der Waals surface area contributed by atoms with Crippen molar-refractivity contribution in [2.45, 2.75) is 66.5 Å². The molecule has 1 aromatic carbocycles. The highest BCUT2D eigenvalue weighted by atomic mass is 35.5. The van der Waals surface area contributed by atoms with Gasteiger partial charge in [0.15, 0.2) is 5.65 Å². The van der Waals surface area contributed by atoms with Crippen molar-refractivity contribution in [3.05, 3.63) is 81.8 Å². The highest BCUT2D eigenvalue weighted by molar-refractivity contribution is 6.34. The van der Waals surface area contributed by atoms with Gasteiger partial charge in [0.2, 0.25) is 5.91 Å². The minimum Gasteiger partial charge on any atom is -0.349 e. The first kappa shape index (κ1) is 36.1. The summed E-state index contributed by atoms with van der Waals surface area (Å²) >= 11 is 6.79. The Balaban J connectivity index is 0.00000520. The Kier molecular flexibility index (Phi) is 10.6. The number of nitrogens with zero attached hydrogens (tertiary/aromatic N) is 6. The largest absolute Gasteiger partial charge is 0.355 e. The van der Waals surface area contributed by atoms with Crippen LogP contribution in [0, 0.1) is 12.7 Å². The zero-order valence-electron chi connectivity index (χ0n) is 26.4. The van der Waals surface area contributed by atoms with E-state index in [9.17, 15) is 23.2 Å². The molecule has 4 aromatic rings. The Labute approximate surface area is 281 Å². The van der Waals surface area contributed by atoms with Crippen molar-refractivity contribution in [1.82, 2.24) is 24.4 Å². The monoisotopic (exact) mass is 683 g/mol. The van der Waals surface area contributed by atoms with Gasteiger partial charge in [0.1, 0.15) is 11.6 Å². The number of benzene rings is 1. The van der Waals surface area contributed by atoms with Crippen molar-refractivity contribution in [2.75, 3.05) is 23.3 Å². The van der Waals surface area contributed by atoms with Crippen LogP contribution in [0.5, 0.6) is 0 Å². The van der Waals surface area contributed by atoms with Gasteiger partial charge in [0.25, 0.3) is 5.91 Å². The van der Waals surface area contributed by atoms with Gasteiger partial charge in [0.05, 0.1) is 38.7 Å². The number of hydrogen-bond acceptors (Lipinski definition) is 7. The van der Waals surface area contributed by atoms with E-state index in [0.717, 1.165) is 6.07 Å². The van der Waals surface area contributed by atoms with Gasteiger partial charge in [0, 0.05) is 31.4 Å². The minimum atomic E-state index is -3.36. The van der Waals surface area contributed by atoms with Gasteiger partial charge in [-0.3, -0.25) is 14.6 Å². The smallest absolute Gasteiger partial charge is 0.349 e. The Morgan fingerprint density at radius 2 is 1.83 bits per heavy atom. The summed E-state index contributed by atoms with van der Waals surface area (Å²) in [5.74, 6) is -2.63. The Morgan fingerprint density at radius 3 is 2.48 bits per heavy atom. The van der Waals surface area contributed by atoms with E-state index in [-0.39, 0.29) is 64.8 Å². The maximum atomic E-state index is 15.5. The van der Waals surface area contributed by atoms with Crippen molar-refractivity contribution in [1.29, 1.82) is 0 Å². The fraction of sp³-hybridized carbons (Fsp3) is 0.353. The molecule has 2 atom stereocenters. The van der Waals surface area contributed by atoms with Crippen LogP contribution >= 0.6 is 11.6 Å². The summed E-state index contributed by atoms with van der Waals surface area (Å²) in [5.41, 5.74) is 0.244. The molecule has 5 rings (SSSR count). The number of carbonyl (C=O) groups is 2. The summed E-state index contributed by atoms with van der Waals surface area (Å²) in [6, 6.07) is 6.23. The zero-order valence-corrected chi connectivity index (χ0v) is 27.1. The van der Waals surface area contributed by atoms with Crippen LogP contribution in [0.25, 0.3) is 28.0 Å². The molecular weight excluding hydrogens is 647 g/mol. The second kappa shape index (κ2) is 14.1. The van der Waals surface area contributed by atoms with Crippen LogP contribution in [0.4, 0.5) is 24.7 Å². The van der Waals surface area contributed by atoms with Gasteiger partial charge in [-0.1, -0.05) is 45.5 Å². The molecule has 4 heterocycles. The Morgan fingerprint density at radius 1 is 1.12 bits per heavy atom. The maximum absolute atomic E-state index is 15.5. The standard InChI is InChI=1S/C33H33ClF3N7O3.CH4/c1-7-24(45)42-14-19(6)43(15-18(42)5)30-20-13-21(34)27(25-22(35)9-8-10-23(25)39-32(46)29(36)37)40-31(20)44(33(47)41-30)28-17(4)11-12-38-26(28)16(2)3;/h7-13,16,18-19,29H,1,14-15H2,2-6H3,(H,39,46);1H4/t18-,19+;/m1./s1. The molecule has 1 saturated heterocycles.